The van der Waals surface area contributed by atoms with Gasteiger partial charge in [0.25, 0.3) is 0 Å². The van der Waals surface area contributed by atoms with Gasteiger partial charge in [0.2, 0.25) is 0 Å². The van der Waals surface area contributed by atoms with Gasteiger partial charge >= 0.3 is 0 Å². The second-order valence-electron chi connectivity index (χ2n) is 4.51. The molecule has 1 atom stereocenters. The van der Waals surface area contributed by atoms with Crippen LogP contribution in [0.15, 0.2) is 0 Å². The Morgan fingerprint density at radius 1 is 1.38 bits per heavy atom. The summed E-state index contributed by atoms with van der Waals surface area (Å²) >= 11 is 0. The van der Waals surface area contributed by atoms with Crippen LogP contribution in [0.25, 0.3) is 0 Å². The first kappa shape index (κ1) is 9.47. The molecule has 2 heteroatoms. The van der Waals surface area contributed by atoms with Gasteiger partial charge in [0.05, 0.1) is 5.60 Å². The molecule has 0 radical (unpaired) electrons. The van der Waals surface area contributed by atoms with Gasteiger partial charge in [-0.2, -0.15) is 0 Å². The number of hydrogen-bond donors (Lipinski definition) is 0. The van der Waals surface area contributed by atoms with Crippen LogP contribution in [0.1, 0.15) is 39.0 Å². The highest BCUT2D eigenvalue weighted by Crippen LogP contribution is 2.34. The number of likely N-dealkylation sites (tertiary alicyclic amines) is 1. The van der Waals surface area contributed by atoms with Crippen LogP contribution < -0.4 is 0 Å². The molecule has 0 aliphatic carbocycles. The molecule has 0 aromatic carbocycles. The highest BCUT2D eigenvalue weighted by atomic mass is 16.5. The van der Waals surface area contributed by atoms with Gasteiger partial charge < -0.3 is 9.64 Å². The summed E-state index contributed by atoms with van der Waals surface area (Å²) in [5, 5.41) is 0. The standard InChI is InChI=1S/C11H21NO/c1-2-3-7-12-8-6-11(10-12)5-4-9-13-11/h2-10H2,1H3. The average Bonchev–Trinajstić information content (AvgIpc) is 2.74. The van der Waals surface area contributed by atoms with Gasteiger partial charge in [-0.05, 0) is 32.2 Å². The predicted octanol–water partition coefficient (Wildman–Crippen LogP) is 2.04. The number of rotatable bonds is 3. The Balaban J connectivity index is 1.79. The smallest absolute Gasteiger partial charge is 0.0821 e. The molecule has 2 saturated heterocycles. The zero-order valence-electron chi connectivity index (χ0n) is 8.72. The van der Waals surface area contributed by atoms with Crippen LogP contribution in [0.4, 0.5) is 0 Å². The number of nitrogens with zero attached hydrogens (tertiary/aromatic N) is 1. The molecule has 2 heterocycles. The molecule has 2 aliphatic heterocycles. The van der Waals surface area contributed by atoms with Gasteiger partial charge in [-0.15, -0.1) is 0 Å². The van der Waals surface area contributed by atoms with Crippen LogP contribution in [-0.4, -0.2) is 36.7 Å². The number of unbranched alkanes of at least 4 members (excludes halogenated alkanes) is 1. The lowest BCUT2D eigenvalue weighted by Crippen LogP contribution is -2.32. The van der Waals surface area contributed by atoms with Crippen molar-refractivity contribution in [2.75, 3.05) is 26.2 Å². The van der Waals surface area contributed by atoms with Crippen molar-refractivity contribution in [3.8, 4) is 0 Å². The summed E-state index contributed by atoms with van der Waals surface area (Å²) in [4.78, 5) is 2.58. The Bertz CT molecular complexity index is 163. The Kier molecular flexibility index (Phi) is 2.89. The second-order valence-corrected chi connectivity index (χ2v) is 4.51. The van der Waals surface area contributed by atoms with Crippen LogP contribution in [0, 0.1) is 0 Å². The minimum Gasteiger partial charge on any atom is -0.374 e. The third-order valence-corrected chi connectivity index (χ3v) is 3.41. The lowest BCUT2D eigenvalue weighted by atomic mass is 10.00. The topological polar surface area (TPSA) is 12.5 Å². The van der Waals surface area contributed by atoms with Crippen molar-refractivity contribution in [1.29, 1.82) is 0 Å². The van der Waals surface area contributed by atoms with E-state index in [9.17, 15) is 0 Å². The molecule has 0 amide bonds. The molecular formula is C11H21NO. The van der Waals surface area contributed by atoms with Gasteiger partial charge in [0.15, 0.2) is 0 Å². The van der Waals surface area contributed by atoms with Gasteiger partial charge in [-0.3, -0.25) is 0 Å². The van der Waals surface area contributed by atoms with E-state index in [1.807, 2.05) is 0 Å². The van der Waals surface area contributed by atoms with E-state index in [1.165, 1.54) is 51.7 Å². The summed E-state index contributed by atoms with van der Waals surface area (Å²) < 4.78 is 5.87. The third-order valence-electron chi connectivity index (χ3n) is 3.41. The van der Waals surface area contributed by atoms with Crippen molar-refractivity contribution in [3.63, 3.8) is 0 Å². The fourth-order valence-corrected chi connectivity index (χ4v) is 2.58. The van der Waals surface area contributed by atoms with Gasteiger partial charge in [0, 0.05) is 19.7 Å². The minimum atomic E-state index is 0.285. The number of hydrogen-bond acceptors (Lipinski definition) is 2. The Labute approximate surface area is 81.3 Å². The Morgan fingerprint density at radius 3 is 3.00 bits per heavy atom. The molecule has 0 bridgehead atoms. The summed E-state index contributed by atoms with van der Waals surface area (Å²) in [6.07, 6.45) is 6.51. The predicted molar refractivity (Wildman–Crippen MR) is 53.9 cm³/mol. The molecule has 2 aliphatic rings. The highest BCUT2D eigenvalue weighted by molar-refractivity contribution is 4.94. The summed E-state index contributed by atoms with van der Waals surface area (Å²) in [5.41, 5.74) is 0.285. The van der Waals surface area contributed by atoms with Gasteiger partial charge in [-0.1, -0.05) is 13.3 Å². The highest BCUT2D eigenvalue weighted by Gasteiger charge is 2.41. The summed E-state index contributed by atoms with van der Waals surface area (Å²) in [6.45, 7) is 7.01. The van der Waals surface area contributed by atoms with E-state index in [1.54, 1.807) is 0 Å². The quantitative estimate of drug-likeness (QED) is 0.664. The molecule has 1 unspecified atom stereocenters. The van der Waals surface area contributed by atoms with Crippen molar-refractivity contribution in [1.82, 2.24) is 4.90 Å². The van der Waals surface area contributed by atoms with Gasteiger partial charge in [0.1, 0.15) is 0 Å². The van der Waals surface area contributed by atoms with Crippen LogP contribution in [-0.2, 0) is 4.74 Å². The van der Waals surface area contributed by atoms with Crippen LogP contribution in [0.2, 0.25) is 0 Å². The molecule has 0 N–H and O–H groups in total. The lowest BCUT2D eigenvalue weighted by molar-refractivity contribution is 0.0127. The summed E-state index contributed by atoms with van der Waals surface area (Å²) in [6, 6.07) is 0. The zero-order chi connectivity index (χ0) is 9.15. The van der Waals surface area contributed by atoms with Crippen molar-refractivity contribution in [2.45, 2.75) is 44.6 Å². The third kappa shape index (κ3) is 2.05. The Hall–Kier alpha value is -0.0800. The first-order valence-corrected chi connectivity index (χ1v) is 5.71. The van der Waals surface area contributed by atoms with Crippen LogP contribution in [0.3, 0.4) is 0 Å². The first-order chi connectivity index (χ1) is 6.35. The van der Waals surface area contributed by atoms with Crippen molar-refractivity contribution < 1.29 is 4.74 Å². The lowest BCUT2D eigenvalue weighted by Gasteiger charge is -2.23. The van der Waals surface area contributed by atoms with E-state index in [4.69, 9.17) is 4.74 Å². The SMILES string of the molecule is CCCCN1CCC2(CCCO2)C1. The van der Waals surface area contributed by atoms with E-state index >= 15 is 0 Å². The van der Waals surface area contributed by atoms with E-state index < -0.39 is 0 Å². The maximum Gasteiger partial charge on any atom is 0.0821 e. The van der Waals surface area contributed by atoms with Gasteiger partial charge in [-0.25, -0.2) is 0 Å². The summed E-state index contributed by atoms with van der Waals surface area (Å²) in [7, 11) is 0. The van der Waals surface area contributed by atoms with E-state index in [-0.39, 0.29) is 5.60 Å². The fourth-order valence-electron chi connectivity index (χ4n) is 2.58. The van der Waals surface area contributed by atoms with E-state index in [2.05, 4.69) is 11.8 Å². The molecule has 76 valence electrons. The molecule has 0 aromatic heterocycles. The van der Waals surface area contributed by atoms with E-state index in [0.717, 1.165) is 6.61 Å². The summed E-state index contributed by atoms with van der Waals surface area (Å²) in [5.74, 6) is 0. The Morgan fingerprint density at radius 2 is 2.31 bits per heavy atom. The largest absolute Gasteiger partial charge is 0.374 e. The van der Waals surface area contributed by atoms with Crippen molar-refractivity contribution in [3.05, 3.63) is 0 Å². The molecule has 2 rings (SSSR count). The number of ether oxygens (including phenoxy) is 1. The van der Waals surface area contributed by atoms with Crippen LogP contribution in [0.5, 0.6) is 0 Å². The molecule has 13 heavy (non-hydrogen) atoms. The second kappa shape index (κ2) is 3.97. The monoisotopic (exact) mass is 183 g/mol. The normalized spacial score (nSPS) is 34.8. The van der Waals surface area contributed by atoms with E-state index in [0.29, 0.717) is 0 Å². The van der Waals surface area contributed by atoms with Crippen molar-refractivity contribution in [2.24, 2.45) is 0 Å². The first-order valence-electron chi connectivity index (χ1n) is 5.71. The maximum atomic E-state index is 5.87. The average molecular weight is 183 g/mol. The zero-order valence-corrected chi connectivity index (χ0v) is 8.72. The minimum absolute atomic E-state index is 0.285. The maximum absolute atomic E-state index is 5.87. The molecule has 1 spiro atoms. The fraction of sp³-hybridized carbons (Fsp3) is 1.00. The molecule has 2 nitrogen and oxygen atoms in total. The molecule has 2 fully saturated rings. The molecular weight excluding hydrogens is 162 g/mol. The molecule has 0 aromatic rings. The van der Waals surface area contributed by atoms with Crippen molar-refractivity contribution >= 4 is 0 Å². The van der Waals surface area contributed by atoms with Crippen LogP contribution >= 0.6 is 0 Å². The molecule has 0 saturated carbocycles.